The van der Waals surface area contributed by atoms with E-state index in [9.17, 15) is 13.6 Å². The number of ether oxygens (including phenoxy) is 1. The molecule has 0 unspecified atom stereocenters. The van der Waals surface area contributed by atoms with Gasteiger partial charge in [0.05, 0.1) is 13.2 Å². The molecule has 0 saturated heterocycles. The fraction of sp³-hybridized carbons (Fsp3) is 0.909. The van der Waals surface area contributed by atoms with Crippen molar-refractivity contribution in [3.63, 3.8) is 0 Å². The van der Waals surface area contributed by atoms with Gasteiger partial charge in [-0.25, -0.2) is 8.78 Å². The highest BCUT2D eigenvalue weighted by molar-refractivity contribution is 5.78. The maximum atomic E-state index is 11.7. The van der Waals surface area contributed by atoms with E-state index < -0.39 is 13.0 Å². The largest absolute Gasteiger partial charge is 0.374 e. The molecule has 0 aliphatic carbocycles. The first-order chi connectivity index (χ1) is 7.87. The maximum absolute atomic E-state index is 11.7. The molecule has 0 heterocycles. The van der Waals surface area contributed by atoms with Gasteiger partial charge in [-0.1, -0.05) is 6.92 Å². The molecule has 0 radical (unpaired) electrons. The van der Waals surface area contributed by atoms with Gasteiger partial charge in [0.1, 0.15) is 6.61 Å². The molecule has 6 heteroatoms. The van der Waals surface area contributed by atoms with Crippen molar-refractivity contribution in [1.29, 1.82) is 0 Å². The van der Waals surface area contributed by atoms with Crippen LogP contribution in [0.3, 0.4) is 0 Å². The molecule has 0 aromatic heterocycles. The molecule has 1 amide bonds. The molecule has 4 nitrogen and oxygen atoms in total. The third-order valence-electron chi connectivity index (χ3n) is 2.31. The number of hydrogen-bond donors (Lipinski definition) is 2. The van der Waals surface area contributed by atoms with Crippen LogP contribution < -0.4 is 10.6 Å². The Morgan fingerprint density at radius 3 is 2.59 bits per heavy atom. The van der Waals surface area contributed by atoms with Gasteiger partial charge in [-0.05, 0) is 20.3 Å². The van der Waals surface area contributed by atoms with Crippen molar-refractivity contribution >= 4 is 5.91 Å². The quantitative estimate of drug-likeness (QED) is 0.605. The first-order valence-corrected chi connectivity index (χ1v) is 5.75. The number of hydrogen-bond acceptors (Lipinski definition) is 3. The van der Waals surface area contributed by atoms with E-state index in [-0.39, 0.29) is 24.6 Å². The van der Waals surface area contributed by atoms with Crippen molar-refractivity contribution in [3.05, 3.63) is 0 Å². The molecular weight excluding hydrogens is 230 g/mol. The highest BCUT2D eigenvalue weighted by Crippen LogP contribution is 2.05. The summed E-state index contributed by atoms with van der Waals surface area (Å²) in [6, 6.07) is 0. The Balaban J connectivity index is 3.46. The lowest BCUT2D eigenvalue weighted by atomic mass is 10.0. The second-order valence-corrected chi connectivity index (χ2v) is 4.43. The number of rotatable bonds is 9. The summed E-state index contributed by atoms with van der Waals surface area (Å²) in [4.78, 5) is 11.4. The highest BCUT2D eigenvalue weighted by atomic mass is 19.3. The summed E-state index contributed by atoms with van der Waals surface area (Å²) in [7, 11) is 0. The average Bonchev–Trinajstić information content (AvgIpc) is 2.22. The van der Waals surface area contributed by atoms with E-state index in [1.165, 1.54) is 0 Å². The number of carbonyl (C=O) groups is 1. The van der Waals surface area contributed by atoms with E-state index in [2.05, 4.69) is 15.4 Å². The van der Waals surface area contributed by atoms with Crippen molar-refractivity contribution in [2.45, 2.75) is 39.2 Å². The zero-order valence-corrected chi connectivity index (χ0v) is 10.7. The molecule has 0 bridgehead atoms. The van der Waals surface area contributed by atoms with Crippen molar-refractivity contribution < 1.29 is 18.3 Å². The molecular formula is C11H22F2N2O2. The molecule has 0 aromatic carbocycles. The minimum absolute atomic E-state index is 0.106. The van der Waals surface area contributed by atoms with E-state index in [1.54, 1.807) is 0 Å². The Bertz CT molecular complexity index is 224. The van der Waals surface area contributed by atoms with Crippen molar-refractivity contribution in [1.82, 2.24) is 10.6 Å². The van der Waals surface area contributed by atoms with Gasteiger partial charge >= 0.3 is 0 Å². The Kier molecular flexibility index (Phi) is 7.99. The molecule has 0 aliphatic heterocycles. The van der Waals surface area contributed by atoms with E-state index in [4.69, 9.17) is 0 Å². The monoisotopic (exact) mass is 252 g/mol. The Morgan fingerprint density at radius 2 is 2.06 bits per heavy atom. The van der Waals surface area contributed by atoms with Crippen molar-refractivity contribution in [3.8, 4) is 0 Å². The fourth-order valence-electron chi connectivity index (χ4n) is 1.03. The molecule has 0 saturated carbocycles. The summed E-state index contributed by atoms with van der Waals surface area (Å²) < 4.78 is 28.0. The molecule has 2 N–H and O–H groups in total. The smallest absolute Gasteiger partial charge is 0.261 e. The number of halogens is 2. The van der Waals surface area contributed by atoms with Gasteiger partial charge in [-0.3, -0.25) is 4.79 Å². The van der Waals surface area contributed by atoms with Crippen molar-refractivity contribution in [2.75, 3.05) is 26.3 Å². The normalized spacial score (nSPS) is 11.9. The summed E-state index contributed by atoms with van der Waals surface area (Å²) in [5.41, 5.74) is -0.217. The predicted molar refractivity (Wildman–Crippen MR) is 62.2 cm³/mol. The van der Waals surface area contributed by atoms with E-state index in [0.717, 1.165) is 6.42 Å². The van der Waals surface area contributed by atoms with Crippen LogP contribution >= 0.6 is 0 Å². The van der Waals surface area contributed by atoms with Crippen LogP contribution in [0.2, 0.25) is 0 Å². The number of carbonyl (C=O) groups excluding carboxylic acids is 1. The minimum Gasteiger partial charge on any atom is -0.374 e. The van der Waals surface area contributed by atoms with Crippen LogP contribution in [0.15, 0.2) is 0 Å². The molecule has 0 aliphatic rings. The van der Waals surface area contributed by atoms with Gasteiger partial charge in [0.2, 0.25) is 5.91 Å². The summed E-state index contributed by atoms with van der Waals surface area (Å²) in [6.07, 6.45) is -1.60. The molecule has 0 rings (SSSR count). The van der Waals surface area contributed by atoms with Crippen LogP contribution in [-0.4, -0.2) is 44.2 Å². The Morgan fingerprint density at radius 1 is 1.41 bits per heavy atom. The fourth-order valence-corrected chi connectivity index (χ4v) is 1.03. The molecule has 0 aromatic rings. The van der Waals surface area contributed by atoms with Gasteiger partial charge in [-0.15, -0.1) is 0 Å². The van der Waals surface area contributed by atoms with E-state index in [1.807, 2.05) is 20.8 Å². The standard InChI is InChI=1S/C11H22F2N2O2/c1-4-11(2,3)15-10(16)7-14-5-6-17-8-9(12)13/h9,14H,4-8H2,1-3H3,(H,15,16). The van der Waals surface area contributed by atoms with Crippen LogP contribution in [0.25, 0.3) is 0 Å². The van der Waals surface area contributed by atoms with Crippen LogP contribution in [-0.2, 0) is 9.53 Å². The predicted octanol–water partition coefficient (Wildman–Crippen LogP) is 1.16. The lowest BCUT2D eigenvalue weighted by molar-refractivity contribution is -0.121. The van der Waals surface area contributed by atoms with Crippen LogP contribution in [0.1, 0.15) is 27.2 Å². The first-order valence-electron chi connectivity index (χ1n) is 5.75. The van der Waals surface area contributed by atoms with Crippen molar-refractivity contribution in [2.24, 2.45) is 0 Å². The highest BCUT2D eigenvalue weighted by Gasteiger charge is 2.16. The van der Waals surface area contributed by atoms with Crippen LogP contribution in [0.5, 0.6) is 0 Å². The summed E-state index contributed by atoms with van der Waals surface area (Å²) in [5, 5.41) is 5.68. The van der Waals surface area contributed by atoms with Gasteiger partial charge in [0.15, 0.2) is 0 Å². The zero-order valence-electron chi connectivity index (χ0n) is 10.7. The molecule has 0 atom stereocenters. The Labute approximate surface area is 101 Å². The van der Waals surface area contributed by atoms with Gasteiger partial charge < -0.3 is 15.4 Å². The average molecular weight is 252 g/mol. The van der Waals surface area contributed by atoms with Gasteiger partial charge in [0, 0.05) is 12.1 Å². The lowest BCUT2D eigenvalue weighted by Gasteiger charge is -2.24. The van der Waals surface area contributed by atoms with Gasteiger partial charge in [-0.2, -0.15) is 0 Å². The number of nitrogens with one attached hydrogen (secondary N) is 2. The number of amides is 1. The summed E-state index contributed by atoms with van der Waals surface area (Å²) in [5.74, 6) is -0.106. The van der Waals surface area contributed by atoms with Crippen LogP contribution in [0, 0.1) is 0 Å². The molecule has 17 heavy (non-hydrogen) atoms. The first kappa shape index (κ1) is 16.2. The number of alkyl halides is 2. The summed E-state index contributed by atoms with van der Waals surface area (Å²) in [6.45, 7) is 6.04. The minimum atomic E-state index is -2.44. The third kappa shape index (κ3) is 10.1. The van der Waals surface area contributed by atoms with Crippen LogP contribution in [0.4, 0.5) is 8.78 Å². The molecule has 102 valence electrons. The topological polar surface area (TPSA) is 50.4 Å². The van der Waals surface area contributed by atoms with E-state index >= 15 is 0 Å². The molecule has 0 spiro atoms. The van der Waals surface area contributed by atoms with E-state index in [0.29, 0.717) is 6.54 Å². The third-order valence-corrected chi connectivity index (χ3v) is 2.31. The SMILES string of the molecule is CCC(C)(C)NC(=O)CNCCOCC(F)F. The Hall–Kier alpha value is -0.750. The maximum Gasteiger partial charge on any atom is 0.261 e. The summed E-state index contributed by atoms with van der Waals surface area (Å²) >= 11 is 0. The van der Waals surface area contributed by atoms with Gasteiger partial charge in [0.25, 0.3) is 6.43 Å². The molecule has 0 fully saturated rings. The second-order valence-electron chi connectivity index (χ2n) is 4.43. The zero-order chi connectivity index (χ0) is 13.3. The second kappa shape index (κ2) is 8.36. The lowest BCUT2D eigenvalue weighted by Crippen LogP contribution is -2.46.